The number of hydrogen-bond donors (Lipinski definition) is 3. The minimum atomic E-state index is -1.32. The molecule has 3 N–H and O–H groups in total. The summed E-state index contributed by atoms with van der Waals surface area (Å²) >= 11 is 0. The Kier molecular flexibility index (Phi) is 10.3. The van der Waals surface area contributed by atoms with E-state index in [1.54, 1.807) is 31.2 Å². The van der Waals surface area contributed by atoms with Gasteiger partial charge in [0.25, 0.3) is 0 Å². The number of ketones is 1. The van der Waals surface area contributed by atoms with Gasteiger partial charge in [-0.15, -0.1) is 0 Å². The average Bonchev–Trinajstić information content (AvgIpc) is 2.72. The second-order valence-electron chi connectivity index (χ2n) is 5.96. The summed E-state index contributed by atoms with van der Waals surface area (Å²) in [6.45, 7) is 0.991. The van der Waals surface area contributed by atoms with Gasteiger partial charge < -0.3 is 25.2 Å². The first-order valence-electron chi connectivity index (χ1n) is 8.89. The van der Waals surface area contributed by atoms with Crippen molar-refractivity contribution in [1.82, 2.24) is 10.6 Å². The molecular formula is C19H26N2O7. The Morgan fingerprint density at radius 1 is 1.07 bits per heavy atom. The average molecular weight is 394 g/mol. The Labute approximate surface area is 163 Å². The van der Waals surface area contributed by atoms with E-state index in [1.165, 1.54) is 0 Å². The fourth-order valence-corrected chi connectivity index (χ4v) is 2.25. The van der Waals surface area contributed by atoms with Crippen LogP contribution in [0.4, 0.5) is 4.79 Å². The largest absolute Gasteiger partial charge is 0.467 e. The van der Waals surface area contributed by atoms with Crippen LogP contribution in [0.1, 0.15) is 31.7 Å². The van der Waals surface area contributed by atoms with Crippen molar-refractivity contribution in [2.45, 2.75) is 44.9 Å². The van der Waals surface area contributed by atoms with Gasteiger partial charge in [-0.2, -0.15) is 0 Å². The Balaban J connectivity index is 2.59. The van der Waals surface area contributed by atoms with E-state index in [-0.39, 0.29) is 25.2 Å². The first-order valence-corrected chi connectivity index (χ1v) is 8.89. The second-order valence-corrected chi connectivity index (χ2v) is 5.96. The molecule has 0 spiro atoms. The van der Waals surface area contributed by atoms with Gasteiger partial charge >= 0.3 is 12.1 Å². The van der Waals surface area contributed by atoms with Crippen LogP contribution >= 0.6 is 0 Å². The van der Waals surface area contributed by atoms with Gasteiger partial charge in [0.1, 0.15) is 24.5 Å². The molecule has 1 aromatic carbocycles. The molecule has 0 fully saturated rings. The van der Waals surface area contributed by atoms with Crippen molar-refractivity contribution < 1.29 is 33.8 Å². The van der Waals surface area contributed by atoms with Gasteiger partial charge in [0.2, 0.25) is 5.91 Å². The van der Waals surface area contributed by atoms with Crippen LogP contribution in [0.3, 0.4) is 0 Å². The molecule has 0 aliphatic carbocycles. The van der Waals surface area contributed by atoms with Gasteiger partial charge in [-0.25, -0.2) is 9.59 Å². The molecule has 28 heavy (non-hydrogen) atoms. The number of alkyl carbamates (subject to hydrolysis) is 1. The molecule has 0 aliphatic heterocycles. The highest BCUT2D eigenvalue weighted by Gasteiger charge is 2.27. The van der Waals surface area contributed by atoms with Crippen LogP contribution in [0.25, 0.3) is 0 Å². The van der Waals surface area contributed by atoms with E-state index in [1.807, 2.05) is 6.07 Å². The van der Waals surface area contributed by atoms with Crippen molar-refractivity contribution >= 4 is 23.8 Å². The summed E-state index contributed by atoms with van der Waals surface area (Å²) in [4.78, 5) is 47.4. The molecule has 0 saturated carbocycles. The zero-order valence-corrected chi connectivity index (χ0v) is 16.0. The molecule has 0 aromatic heterocycles. The van der Waals surface area contributed by atoms with Gasteiger partial charge in [-0.1, -0.05) is 37.3 Å². The SMILES string of the molecule is CCC(=O)CC[C@H](NC(=O)[C@H](CO)NC(=O)OCc1ccccc1)C(=O)OC. The fraction of sp³-hybridized carbons (Fsp3) is 0.474. The number of rotatable bonds is 11. The van der Waals surface area contributed by atoms with Crippen LogP contribution in [-0.2, 0) is 30.5 Å². The summed E-state index contributed by atoms with van der Waals surface area (Å²) in [6.07, 6.45) is -0.432. The van der Waals surface area contributed by atoms with Crippen molar-refractivity contribution in [2.75, 3.05) is 13.7 Å². The van der Waals surface area contributed by atoms with Crippen molar-refractivity contribution in [1.29, 1.82) is 0 Å². The number of Topliss-reactive ketones (excluding diaryl/α,β-unsaturated/α-hetero) is 1. The van der Waals surface area contributed by atoms with Crippen LogP contribution in [0.5, 0.6) is 0 Å². The number of aliphatic hydroxyl groups is 1. The summed E-state index contributed by atoms with van der Waals surface area (Å²) in [6, 6.07) is 6.54. The summed E-state index contributed by atoms with van der Waals surface area (Å²) in [7, 11) is 1.16. The molecule has 0 bridgehead atoms. The highest BCUT2D eigenvalue weighted by molar-refractivity contribution is 5.90. The molecular weight excluding hydrogens is 368 g/mol. The summed E-state index contributed by atoms with van der Waals surface area (Å²) in [5, 5.41) is 14.0. The van der Waals surface area contributed by atoms with Crippen molar-refractivity contribution in [3.63, 3.8) is 0 Å². The predicted molar refractivity (Wildman–Crippen MR) is 99.1 cm³/mol. The van der Waals surface area contributed by atoms with Gasteiger partial charge in [0.05, 0.1) is 13.7 Å². The summed E-state index contributed by atoms with van der Waals surface area (Å²) in [5.74, 6) is -1.58. The third-order valence-corrected chi connectivity index (χ3v) is 3.91. The van der Waals surface area contributed by atoms with E-state index < -0.39 is 36.7 Å². The van der Waals surface area contributed by atoms with Crippen LogP contribution in [-0.4, -0.2) is 54.7 Å². The maximum Gasteiger partial charge on any atom is 0.408 e. The molecule has 9 nitrogen and oxygen atoms in total. The number of methoxy groups -OCH3 is 1. The van der Waals surface area contributed by atoms with Gasteiger partial charge in [-0.05, 0) is 12.0 Å². The standard InChI is InChI=1S/C19H26N2O7/c1-3-14(23)9-10-15(18(25)27-2)20-17(24)16(11-22)21-19(26)28-12-13-7-5-4-6-8-13/h4-8,15-16,22H,3,9-12H2,1-2H3,(H,20,24)(H,21,26)/t15-,16-/m0/s1. The van der Waals surface area contributed by atoms with Crippen molar-refractivity contribution in [3.8, 4) is 0 Å². The molecule has 0 radical (unpaired) electrons. The third kappa shape index (κ3) is 8.17. The first-order chi connectivity index (χ1) is 13.4. The number of esters is 1. The normalized spacial score (nSPS) is 12.4. The topological polar surface area (TPSA) is 131 Å². The lowest BCUT2D eigenvalue weighted by Gasteiger charge is -2.20. The van der Waals surface area contributed by atoms with E-state index in [9.17, 15) is 24.3 Å². The maximum absolute atomic E-state index is 12.3. The Morgan fingerprint density at radius 3 is 2.32 bits per heavy atom. The zero-order chi connectivity index (χ0) is 20.9. The lowest BCUT2D eigenvalue weighted by Crippen LogP contribution is -2.53. The molecule has 2 amide bonds. The molecule has 0 unspecified atom stereocenters. The quantitative estimate of drug-likeness (QED) is 0.471. The maximum atomic E-state index is 12.3. The predicted octanol–water partition coefficient (Wildman–Crippen LogP) is 0.691. The number of aliphatic hydroxyl groups excluding tert-OH is 1. The number of nitrogens with one attached hydrogen (secondary N) is 2. The Bertz CT molecular complexity index is 664. The van der Waals surface area contributed by atoms with Gasteiger partial charge in [0.15, 0.2) is 0 Å². The van der Waals surface area contributed by atoms with Crippen LogP contribution in [0, 0.1) is 0 Å². The van der Waals surface area contributed by atoms with Crippen LogP contribution < -0.4 is 10.6 Å². The van der Waals surface area contributed by atoms with Gasteiger partial charge in [0, 0.05) is 12.8 Å². The van der Waals surface area contributed by atoms with Crippen LogP contribution in [0.15, 0.2) is 30.3 Å². The van der Waals surface area contributed by atoms with E-state index in [0.717, 1.165) is 12.7 Å². The molecule has 0 aliphatic rings. The summed E-state index contributed by atoms with van der Waals surface area (Å²) in [5.41, 5.74) is 0.758. The Hall–Kier alpha value is -2.94. The Morgan fingerprint density at radius 2 is 1.75 bits per heavy atom. The monoisotopic (exact) mass is 394 g/mol. The molecule has 1 rings (SSSR count). The smallest absolute Gasteiger partial charge is 0.408 e. The van der Waals surface area contributed by atoms with Crippen molar-refractivity contribution in [2.24, 2.45) is 0 Å². The highest BCUT2D eigenvalue weighted by atomic mass is 16.5. The van der Waals surface area contributed by atoms with Gasteiger partial charge in [-0.3, -0.25) is 9.59 Å². The highest BCUT2D eigenvalue weighted by Crippen LogP contribution is 2.04. The summed E-state index contributed by atoms with van der Waals surface area (Å²) < 4.78 is 9.62. The van der Waals surface area contributed by atoms with E-state index in [2.05, 4.69) is 15.4 Å². The fourth-order valence-electron chi connectivity index (χ4n) is 2.25. The molecule has 2 atom stereocenters. The number of benzene rings is 1. The lowest BCUT2D eigenvalue weighted by atomic mass is 10.1. The number of hydrogen-bond acceptors (Lipinski definition) is 7. The molecule has 0 heterocycles. The molecule has 154 valence electrons. The van der Waals surface area contributed by atoms with Crippen LogP contribution in [0.2, 0.25) is 0 Å². The van der Waals surface area contributed by atoms with E-state index >= 15 is 0 Å². The number of amides is 2. The lowest BCUT2D eigenvalue weighted by molar-refractivity contribution is -0.145. The second kappa shape index (κ2) is 12.4. The molecule has 9 heteroatoms. The minimum absolute atomic E-state index is 0.00362. The minimum Gasteiger partial charge on any atom is -0.467 e. The zero-order valence-electron chi connectivity index (χ0n) is 16.0. The van der Waals surface area contributed by atoms with Crippen molar-refractivity contribution in [3.05, 3.63) is 35.9 Å². The number of carbonyl (C=O) groups is 4. The first kappa shape index (κ1) is 23.1. The van der Waals surface area contributed by atoms with E-state index in [4.69, 9.17) is 4.74 Å². The molecule has 1 aromatic rings. The third-order valence-electron chi connectivity index (χ3n) is 3.91. The number of carbonyl (C=O) groups excluding carboxylic acids is 4. The molecule has 0 saturated heterocycles. The number of ether oxygens (including phenoxy) is 2. The van der Waals surface area contributed by atoms with E-state index in [0.29, 0.717) is 6.42 Å².